The molecule has 1 unspecified atom stereocenters. The summed E-state index contributed by atoms with van der Waals surface area (Å²) in [5.74, 6) is 4.37. The molecular weight excluding hydrogens is 248 g/mol. The van der Waals surface area contributed by atoms with Gasteiger partial charge in [0.1, 0.15) is 0 Å². The SMILES string of the molecule is CC(CN)CCC(=O)N(C)C1C2CC3CC(C2)CC1C3. The Morgan fingerprint density at radius 2 is 1.70 bits per heavy atom. The lowest BCUT2D eigenvalue weighted by Crippen LogP contribution is -2.56. The first-order valence-electron chi connectivity index (χ1n) is 8.54. The maximum Gasteiger partial charge on any atom is 0.222 e. The second-order valence-corrected chi connectivity index (χ2v) is 7.81. The van der Waals surface area contributed by atoms with Gasteiger partial charge in [0, 0.05) is 19.5 Å². The number of hydrogen-bond donors (Lipinski definition) is 1. The van der Waals surface area contributed by atoms with Crippen molar-refractivity contribution >= 4 is 5.91 Å². The Hall–Kier alpha value is -0.570. The highest BCUT2D eigenvalue weighted by Crippen LogP contribution is 2.55. The number of rotatable bonds is 5. The Balaban J connectivity index is 1.59. The number of nitrogens with two attached hydrogens (primary N) is 1. The summed E-state index contributed by atoms with van der Waals surface area (Å²) >= 11 is 0. The van der Waals surface area contributed by atoms with E-state index in [9.17, 15) is 4.79 Å². The molecule has 4 rings (SSSR count). The van der Waals surface area contributed by atoms with Gasteiger partial charge in [-0.1, -0.05) is 6.92 Å². The molecule has 0 aromatic rings. The van der Waals surface area contributed by atoms with Crippen LogP contribution in [-0.2, 0) is 4.79 Å². The van der Waals surface area contributed by atoms with Crippen LogP contribution in [0.2, 0.25) is 0 Å². The summed E-state index contributed by atoms with van der Waals surface area (Å²) in [6.45, 7) is 2.82. The Bertz CT molecular complexity index is 340. The van der Waals surface area contributed by atoms with Crippen molar-refractivity contribution in [3.8, 4) is 0 Å². The molecule has 1 atom stereocenters. The molecule has 0 radical (unpaired) electrons. The summed E-state index contributed by atoms with van der Waals surface area (Å²) < 4.78 is 0. The Labute approximate surface area is 123 Å². The van der Waals surface area contributed by atoms with Gasteiger partial charge in [-0.15, -0.1) is 0 Å². The monoisotopic (exact) mass is 278 g/mol. The summed E-state index contributed by atoms with van der Waals surface area (Å²) in [7, 11) is 2.06. The molecule has 4 bridgehead atoms. The lowest BCUT2D eigenvalue weighted by Gasteiger charge is -2.56. The van der Waals surface area contributed by atoms with E-state index in [0.29, 0.717) is 30.8 Å². The van der Waals surface area contributed by atoms with E-state index in [1.165, 1.54) is 32.1 Å². The molecule has 20 heavy (non-hydrogen) atoms. The van der Waals surface area contributed by atoms with Crippen LogP contribution in [0, 0.1) is 29.6 Å². The first-order chi connectivity index (χ1) is 9.58. The molecule has 4 aliphatic carbocycles. The van der Waals surface area contributed by atoms with Crippen LogP contribution in [0.4, 0.5) is 0 Å². The maximum atomic E-state index is 12.5. The molecule has 3 heteroatoms. The molecule has 0 saturated heterocycles. The molecule has 4 fully saturated rings. The van der Waals surface area contributed by atoms with Gasteiger partial charge < -0.3 is 10.6 Å². The van der Waals surface area contributed by atoms with Crippen molar-refractivity contribution in [1.29, 1.82) is 0 Å². The van der Waals surface area contributed by atoms with Crippen molar-refractivity contribution in [2.24, 2.45) is 35.3 Å². The van der Waals surface area contributed by atoms with Crippen molar-refractivity contribution < 1.29 is 4.79 Å². The van der Waals surface area contributed by atoms with Gasteiger partial charge in [-0.25, -0.2) is 0 Å². The van der Waals surface area contributed by atoms with Crippen LogP contribution < -0.4 is 5.73 Å². The first-order valence-corrected chi connectivity index (χ1v) is 8.54. The van der Waals surface area contributed by atoms with E-state index in [4.69, 9.17) is 5.73 Å². The molecule has 0 aromatic carbocycles. The van der Waals surface area contributed by atoms with E-state index >= 15 is 0 Å². The number of amides is 1. The molecule has 1 amide bonds. The van der Waals surface area contributed by atoms with Crippen molar-refractivity contribution in [1.82, 2.24) is 4.90 Å². The Morgan fingerprint density at radius 3 is 2.20 bits per heavy atom. The first kappa shape index (κ1) is 14.4. The molecule has 0 aromatic heterocycles. The summed E-state index contributed by atoms with van der Waals surface area (Å²) in [5.41, 5.74) is 5.65. The van der Waals surface area contributed by atoms with Crippen LogP contribution in [0.3, 0.4) is 0 Å². The number of carbonyl (C=O) groups is 1. The molecule has 3 nitrogen and oxygen atoms in total. The Morgan fingerprint density at radius 1 is 1.15 bits per heavy atom. The second kappa shape index (κ2) is 5.67. The Kier molecular flexibility index (Phi) is 4.07. The largest absolute Gasteiger partial charge is 0.342 e. The summed E-state index contributed by atoms with van der Waals surface area (Å²) in [6, 6.07) is 0.545. The van der Waals surface area contributed by atoms with Crippen LogP contribution in [0.5, 0.6) is 0 Å². The van der Waals surface area contributed by atoms with E-state index in [2.05, 4.69) is 18.9 Å². The highest BCUT2D eigenvalue weighted by atomic mass is 16.2. The van der Waals surface area contributed by atoms with E-state index in [1.807, 2.05) is 0 Å². The van der Waals surface area contributed by atoms with E-state index < -0.39 is 0 Å². The van der Waals surface area contributed by atoms with Gasteiger partial charge in [0.25, 0.3) is 0 Å². The topological polar surface area (TPSA) is 46.3 Å². The molecule has 2 N–H and O–H groups in total. The third kappa shape index (κ3) is 2.61. The quantitative estimate of drug-likeness (QED) is 0.840. The zero-order valence-electron chi connectivity index (χ0n) is 13.1. The highest BCUT2D eigenvalue weighted by Gasteiger charge is 2.50. The van der Waals surface area contributed by atoms with Crippen LogP contribution in [-0.4, -0.2) is 30.4 Å². The average Bonchev–Trinajstić information content (AvgIpc) is 2.42. The summed E-state index contributed by atoms with van der Waals surface area (Å²) in [4.78, 5) is 14.6. The number of nitrogens with zero attached hydrogens (tertiary/aromatic N) is 1. The fraction of sp³-hybridized carbons (Fsp3) is 0.941. The van der Waals surface area contributed by atoms with Gasteiger partial charge in [-0.2, -0.15) is 0 Å². The van der Waals surface area contributed by atoms with Gasteiger partial charge in [-0.3, -0.25) is 4.79 Å². The minimum atomic E-state index is 0.350. The second-order valence-electron chi connectivity index (χ2n) is 7.81. The van der Waals surface area contributed by atoms with Gasteiger partial charge in [0.2, 0.25) is 5.91 Å². The smallest absolute Gasteiger partial charge is 0.222 e. The summed E-state index contributed by atoms with van der Waals surface area (Å²) in [5, 5.41) is 0. The van der Waals surface area contributed by atoms with Crippen molar-refractivity contribution in [2.45, 2.75) is 57.9 Å². The predicted molar refractivity (Wildman–Crippen MR) is 81.1 cm³/mol. The van der Waals surface area contributed by atoms with Crippen LogP contribution in [0.25, 0.3) is 0 Å². The normalized spacial score (nSPS) is 39.9. The highest BCUT2D eigenvalue weighted by molar-refractivity contribution is 5.76. The predicted octanol–water partition coefficient (Wildman–Crippen LogP) is 2.64. The number of carbonyl (C=O) groups excluding carboxylic acids is 1. The molecule has 4 saturated carbocycles. The molecule has 0 aliphatic heterocycles. The molecule has 0 spiro atoms. The lowest BCUT2D eigenvalue weighted by molar-refractivity contribution is -0.141. The minimum absolute atomic E-state index is 0.350. The van der Waals surface area contributed by atoms with Crippen molar-refractivity contribution in [3.63, 3.8) is 0 Å². The number of hydrogen-bond acceptors (Lipinski definition) is 2. The van der Waals surface area contributed by atoms with Gasteiger partial charge >= 0.3 is 0 Å². The molecule has 4 aliphatic rings. The fourth-order valence-corrected chi connectivity index (χ4v) is 5.36. The van der Waals surface area contributed by atoms with Gasteiger partial charge in [0.15, 0.2) is 0 Å². The van der Waals surface area contributed by atoms with E-state index in [-0.39, 0.29) is 0 Å². The third-order valence-corrected chi connectivity index (χ3v) is 6.27. The molecule has 114 valence electrons. The van der Waals surface area contributed by atoms with E-state index in [1.54, 1.807) is 0 Å². The fourth-order valence-electron chi connectivity index (χ4n) is 5.36. The zero-order chi connectivity index (χ0) is 14.3. The van der Waals surface area contributed by atoms with Crippen molar-refractivity contribution in [2.75, 3.05) is 13.6 Å². The standard InChI is InChI=1S/C17H30N2O/c1-11(10-18)3-4-16(20)19(2)17-14-6-12-5-13(8-14)9-15(17)7-12/h11-15,17H,3-10,18H2,1-2H3. The zero-order valence-corrected chi connectivity index (χ0v) is 13.1. The van der Waals surface area contributed by atoms with Crippen LogP contribution in [0.1, 0.15) is 51.9 Å². The van der Waals surface area contributed by atoms with Crippen LogP contribution >= 0.6 is 0 Å². The van der Waals surface area contributed by atoms with Crippen LogP contribution in [0.15, 0.2) is 0 Å². The maximum absolute atomic E-state index is 12.5. The molecular formula is C17H30N2O. The van der Waals surface area contributed by atoms with E-state index in [0.717, 1.165) is 30.1 Å². The molecule has 0 heterocycles. The minimum Gasteiger partial charge on any atom is -0.342 e. The lowest BCUT2D eigenvalue weighted by atomic mass is 9.54. The summed E-state index contributed by atoms with van der Waals surface area (Å²) in [6.07, 6.45) is 8.63. The van der Waals surface area contributed by atoms with Crippen molar-refractivity contribution in [3.05, 3.63) is 0 Å². The third-order valence-electron chi connectivity index (χ3n) is 6.27. The average molecular weight is 278 g/mol. The van der Waals surface area contributed by atoms with Gasteiger partial charge in [-0.05, 0) is 74.7 Å². The van der Waals surface area contributed by atoms with Gasteiger partial charge in [0.05, 0.1) is 0 Å².